The Balaban J connectivity index is 1.27. The molecule has 8 rings (SSSR count). The summed E-state index contributed by atoms with van der Waals surface area (Å²) < 4.78 is 12.6. The minimum absolute atomic E-state index is 0.620. The molecule has 0 spiro atoms. The number of hydrogen-bond donors (Lipinski definition) is 0. The van der Waals surface area contributed by atoms with Gasteiger partial charge in [0.1, 0.15) is 16.7 Å². The number of fused-ring (bicyclic) bond motifs is 4. The molecular formula is C37H24N2O2. The van der Waals surface area contributed by atoms with Gasteiger partial charge in [0.25, 0.3) is 0 Å². The summed E-state index contributed by atoms with van der Waals surface area (Å²) in [6.07, 6.45) is 0. The number of para-hydroxylation sites is 3. The van der Waals surface area contributed by atoms with Crippen LogP contribution in [0.5, 0.6) is 0 Å². The molecule has 8 aromatic rings. The molecule has 0 amide bonds. The lowest BCUT2D eigenvalue weighted by molar-refractivity contribution is 0.621. The van der Waals surface area contributed by atoms with Crippen LogP contribution in [0.4, 0.5) is 17.1 Å². The van der Waals surface area contributed by atoms with Crippen molar-refractivity contribution in [2.45, 2.75) is 0 Å². The van der Waals surface area contributed by atoms with E-state index in [0.717, 1.165) is 66.8 Å². The van der Waals surface area contributed by atoms with Gasteiger partial charge in [-0.2, -0.15) is 0 Å². The molecule has 0 radical (unpaired) electrons. The zero-order valence-electron chi connectivity index (χ0n) is 22.1. The van der Waals surface area contributed by atoms with E-state index in [2.05, 4.69) is 83.8 Å². The van der Waals surface area contributed by atoms with E-state index >= 15 is 0 Å². The molecule has 0 aliphatic carbocycles. The maximum atomic E-state index is 6.35. The molecule has 0 saturated carbocycles. The van der Waals surface area contributed by atoms with Crippen LogP contribution in [-0.4, -0.2) is 4.98 Å². The largest absolute Gasteiger partial charge is 0.456 e. The van der Waals surface area contributed by atoms with Gasteiger partial charge in [-0.1, -0.05) is 78.9 Å². The number of nitrogens with zero attached hydrogens (tertiary/aromatic N) is 2. The van der Waals surface area contributed by atoms with Crippen LogP contribution in [0.2, 0.25) is 0 Å². The first-order valence-corrected chi connectivity index (χ1v) is 13.6. The van der Waals surface area contributed by atoms with E-state index in [1.54, 1.807) is 0 Å². The quantitative estimate of drug-likeness (QED) is 0.223. The smallest absolute Gasteiger partial charge is 0.227 e. The number of aromatic nitrogens is 1. The molecule has 4 heteroatoms. The summed E-state index contributed by atoms with van der Waals surface area (Å²) in [6, 6.07) is 49.7. The second-order valence-corrected chi connectivity index (χ2v) is 10.0. The maximum Gasteiger partial charge on any atom is 0.227 e. The fourth-order valence-electron chi connectivity index (χ4n) is 5.57. The van der Waals surface area contributed by atoms with Gasteiger partial charge < -0.3 is 13.7 Å². The molecule has 0 atom stereocenters. The average molecular weight is 529 g/mol. The van der Waals surface area contributed by atoms with Crippen LogP contribution in [0.1, 0.15) is 0 Å². The lowest BCUT2D eigenvalue weighted by Crippen LogP contribution is -2.09. The van der Waals surface area contributed by atoms with Crippen molar-refractivity contribution in [1.29, 1.82) is 0 Å². The predicted octanol–water partition coefficient (Wildman–Crippen LogP) is 10.5. The molecule has 0 bridgehead atoms. The highest BCUT2D eigenvalue weighted by Crippen LogP contribution is 2.40. The summed E-state index contributed by atoms with van der Waals surface area (Å²) in [5.41, 5.74) is 9.48. The van der Waals surface area contributed by atoms with E-state index in [1.807, 2.05) is 66.7 Å². The number of anilines is 3. The molecule has 0 fully saturated rings. The van der Waals surface area contributed by atoms with Gasteiger partial charge in [0.15, 0.2) is 5.58 Å². The summed E-state index contributed by atoms with van der Waals surface area (Å²) in [5.74, 6) is 0.620. The first-order chi connectivity index (χ1) is 20.3. The van der Waals surface area contributed by atoms with Crippen LogP contribution in [0.15, 0.2) is 154 Å². The van der Waals surface area contributed by atoms with Gasteiger partial charge in [0.2, 0.25) is 5.89 Å². The molecule has 6 aromatic carbocycles. The van der Waals surface area contributed by atoms with Gasteiger partial charge in [0, 0.05) is 45.0 Å². The zero-order chi connectivity index (χ0) is 27.2. The fourth-order valence-corrected chi connectivity index (χ4v) is 5.57. The van der Waals surface area contributed by atoms with Crippen LogP contribution in [0.25, 0.3) is 55.6 Å². The molecule has 4 nitrogen and oxygen atoms in total. The number of hydrogen-bond acceptors (Lipinski definition) is 4. The monoisotopic (exact) mass is 528 g/mol. The molecule has 41 heavy (non-hydrogen) atoms. The molecule has 0 saturated heterocycles. The second-order valence-electron chi connectivity index (χ2n) is 10.0. The van der Waals surface area contributed by atoms with Crippen LogP contribution in [0, 0.1) is 0 Å². The Morgan fingerprint density at radius 1 is 0.463 bits per heavy atom. The van der Waals surface area contributed by atoms with E-state index < -0.39 is 0 Å². The second kappa shape index (κ2) is 9.54. The van der Waals surface area contributed by atoms with Gasteiger partial charge in [-0.15, -0.1) is 0 Å². The summed E-state index contributed by atoms with van der Waals surface area (Å²) in [6.45, 7) is 0. The standard InChI is InChI=1S/C37H24N2O2/c1-3-11-25(12-4-1)37-38-33-19-10-18-30(36(33)41-37)26-13-9-16-28(23-26)39(27-14-5-2-6-15-27)29-21-22-32-31-17-7-8-20-34(31)40-35(32)24-29/h1-24H. The Labute approximate surface area is 236 Å². The molecule has 194 valence electrons. The van der Waals surface area contributed by atoms with Crippen molar-refractivity contribution in [2.75, 3.05) is 4.90 Å². The molecule has 0 unspecified atom stereocenters. The van der Waals surface area contributed by atoms with Crippen molar-refractivity contribution < 1.29 is 8.83 Å². The Bertz CT molecular complexity index is 2160. The van der Waals surface area contributed by atoms with Crippen molar-refractivity contribution in [2.24, 2.45) is 0 Å². The Morgan fingerprint density at radius 2 is 1.15 bits per heavy atom. The number of oxazole rings is 1. The normalized spacial score (nSPS) is 11.4. The van der Waals surface area contributed by atoms with Crippen molar-refractivity contribution in [1.82, 2.24) is 4.98 Å². The van der Waals surface area contributed by atoms with Gasteiger partial charge in [0.05, 0.1) is 0 Å². The summed E-state index contributed by atoms with van der Waals surface area (Å²) in [5, 5.41) is 2.23. The first-order valence-electron chi connectivity index (χ1n) is 13.6. The Kier molecular flexibility index (Phi) is 5.42. The van der Waals surface area contributed by atoms with E-state index in [1.165, 1.54) is 0 Å². The highest BCUT2D eigenvalue weighted by Gasteiger charge is 2.18. The van der Waals surface area contributed by atoms with Crippen molar-refractivity contribution >= 4 is 50.1 Å². The van der Waals surface area contributed by atoms with E-state index in [-0.39, 0.29) is 0 Å². The van der Waals surface area contributed by atoms with Gasteiger partial charge in [-0.3, -0.25) is 0 Å². The molecule has 0 N–H and O–H groups in total. The van der Waals surface area contributed by atoms with Gasteiger partial charge in [-0.25, -0.2) is 4.98 Å². The summed E-state index contributed by atoms with van der Waals surface area (Å²) >= 11 is 0. The number of rotatable bonds is 5. The highest BCUT2D eigenvalue weighted by atomic mass is 16.3. The third kappa shape index (κ3) is 4.05. The zero-order valence-corrected chi connectivity index (χ0v) is 22.1. The van der Waals surface area contributed by atoms with Crippen molar-refractivity contribution in [3.63, 3.8) is 0 Å². The topological polar surface area (TPSA) is 42.4 Å². The lowest BCUT2D eigenvalue weighted by Gasteiger charge is -2.26. The Hall–Kier alpha value is -5.61. The van der Waals surface area contributed by atoms with E-state index in [0.29, 0.717) is 5.89 Å². The predicted molar refractivity (Wildman–Crippen MR) is 167 cm³/mol. The van der Waals surface area contributed by atoms with Crippen LogP contribution < -0.4 is 4.90 Å². The minimum Gasteiger partial charge on any atom is -0.456 e. The number of furan rings is 1. The third-order valence-electron chi connectivity index (χ3n) is 7.49. The summed E-state index contributed by atoms with van der Waals surface area (Å²) in [7, 11) is 0. The molecule has 2 heterocycles. The SMILES string of the molecule is c1ccc(-c2nc3cccc(-c4cccc(N(c5ccccc5)c5ccc6c(c5)oc5ccccc56)c4)c3o2)cc1. The van der Waals surface area contributed by atoms with Crippen molar-refractivity contribution in [3.05, 3.63) is 146 Å². The van der Waals surface area contributed by atoms with Gasteiger partial charge in [-0.05, 0) is 66.2 Å². The van der Waals surface area contributed by atoms with Crippen LogP contribution >= 0.6 is 0 Å². The fraction of sp³-hybridized carbons (Fsp3) is 0. The van der Waals surface area contributed by atoms with Crippen LogP contribution in [0.3, 0.4) is 0 Å². The minimum atomic E-state index is 0.620. The lowest BCUT2D eigenvalue weighted by atomic mass is 10.0. The highest BCUT2D eigenvalue weighted by molar-refractivity contribution is 6.06. The average Bonchev–Trinajstić information content (AvgIpc) is 3.64. The molecule has 2 aromatic heterocycles. The third-order valence-corrected chi connectivity index (χ3v) is 7.49. The molecule has 0 aliphatic rings. The van der Waals surface area contributed by atoms with Gasteiger partial charge >= 0.3 is 0 Å². The summed E-state index contributed by atoms with van der Waals surface area (Å²) in [4.78, 5) is 7.04. The number of benzene rings is 6. The van der Waals surface area contributed by atoms with E-state index in [4.69, 9.17) is 13.8 Å². The Morgan fingerprint density at radius 3 is 2.02 bits per heavy atom. The van der Waals surface area contributed by atoms with Crippen molar-refractivity contribution in [3.8, 4) is 22.6 Å². The maximum absolute atomic E-state index is 6.35. The first kappa shape index (κ1) is 23.3. The molecule has 0 aliphatic heterocycles. The molecular weight excluding hydrogens is 504 g/mol. The van der Waals surface area contributed by atoms with Crippen LogP contribution in [-0.2, 0) is 0 Å². The van der Waals surface area contributed by atoms with E-state index in [9.17, 15) is 0 Å².